The molecule has 1 N–H and O–H groups in total. The van der Waals surface area contributed by atoms with Crippen molar-refractivity contribution in [2.45, 2.75) is 71.7 Å². The Labute approximate surface area is 266 Å². The van der Waals surface area contributed by atoms with Gasteiger partial charge in [0.2, 0.25) is 0 Å². The molecule has 0 spiro atoms. The zero-order chi connectivity index (χ0) is 32.3. The van der Waals surface area contributed by atoms with Gasteiger partial charge in [-0.05, 0) is 79.8 Å². The molecular formula is C35H38ClNO8. The van der Waals surface area contributed by atoms with Crippen molar-refractivity contribution in [2.75, 3.05) is 6.61 Å². The molecule has 3 heterocycles. The van der Waals surface area contributed by atoms with E-state index in [9.17, 15) is 19.5 Å². The van der Waals surface area contributed by atoms with Crippen LogP contribution in [0.1, 0.15) is 75.9 Å². The van der Waals surface area contributed by atoms with Gasteiger partial charge in [-0.2, -0.15) is 0 Å². The Kier molecular flexibility index (Phi) is 7.85. The van der Waals surface area contributed by atoms with Gasteiger partial charge in [-0.25, -0.2) is 9.59 Å². The molecule has 0 radical (unpaired) electrons. The molecule has 2 aliphatic carbocycles. The lowest BCUT2D eigenvalue weighted by Gasteiger charge is -2.66. The third-order valence-corrected chi connectivity index (χ3v) is 11.3. The maximum atomic E-state index is 13.6. The first kappa shape index (κ1) is 31.3. The van der Waals surface area contributed by atoms with E-state index in [0.717, 1.165) is 12.8 Å². The summed E-state index contributed by atoms with van der Waals surface area (Å²) < 4.78 is 24.4. The van der Waals surface area contributed by atoms with Gasteiger partial charge < -0.3 is 23.7 Å². The summed E-state index contributed by atoms with van der Waals surface area (Å²) in [5.41, 5.74) is -2.10. The molecule has 3 unspecified atom stereocenters. The number of fused-ring (bicyclic) bond motifs is 4. The highest BCUT2D eigenvalue weighted by atomic mass is 35.5. The van der Waals surface area contributed by atoms with E-state index < -0.39 is 46.2 Å². The number of aliphatic hydroxyl groups excluding tert-OH is 1. The molecule has 9 nitrogen and oxygen atoms in total. The van der Waals surface area contributed by atoms with Crippen LogP contribution in [-0.4, -0.2) is 40.3 Å². The van der Waals surface area contributed by atoms with Gasteiger partial charge in [0.25, 0.3) is 0 Å². The predicted molar refractivity (Wildman–Crippen MR) is 166 cm³/mol. The van der Waals surface area contributed by atoms with E-state index in [0.29, 0.717) is 22.6 Å². The summed E-state index contributed by atoms with van der Waals surface area (Å²) in [6.07, 6.45) is 3.00. The lowest BCUT2D eigenvalue weighted by atomic mass is 9.41. The fourth-order valence-electron chi connectivity index (χ4n) is 8.48. The topological polar surface area (TPSA) is 125 Å². The number of esters is 2. The molecule has 2 fully saturated rings. The first-order chi connectivity index (χ1) is 21.3. The van der Waals surface area contributed by atoms with Crippen LogP contribution in [0.25, 0.3) is 11.3 Å². The van der Waals surface area contributed by atoms with Gasteiger partial charge in [0.1, 0.15) is 28.8 Å². The second-order valence-electron chi connectivity index (χ2n) is 13.5. The van der Waals surface area contributed by atoms with Crippen LogP contribution in [0.15, 0.2) is 64.1 Å². The van der Waals surface area contributed by atoms with Crippen molar-refractivity contribution < 1.29 is 33.3 Å². The van der Waals surface area contributed by atoms with Crippen molar-refractivity contribution in [2.24, 2.45) is 28.6 Å². The van der Waals surface area contributed by atoms with Gasteiger partial charge in [0, 0.05) is 47.3 Å². The summed E-state index contributed by atoms with van der Waals surface area (Å²) in [7, 11) is 0. The van der Waals surface area contributed by atoms with Gasteiger partial charge in [-0.15, -0.1) is 0 Å². The van der Waals surface area contributed by atoms with Crippen LogP contribution in [-0.2, 0) is 14.3 Å². The number of ether oxygens (including phenoxy) is 3. The Morgan fingerprint density at radius 1 is 1.16 bits per heavy atom. The van der Waals surface area contributed by atoms with Crippen LogP contribution in [0.3, 0.4) is 0 Å². The Morgan fingerprint density at radius 2 is 1.89 bits per heavy atom. The van der Waals surface area contributed by atoms with E-state index in [1.165, 1.54) is 6.92 Å². The first-order valence-electron chi connectivity index (χ1n) is 15.3. The van der Waals surface area contributed by atoms with Crippen LogP contribution in [0.2, 0.25) is 5.02 Å². The smallest absolute Gasteiger partial charge is 0.345 e. The van der Waals surface area contributed by atoms with Crippen molar-refractivity contribution in [3.63, 3.8) is 0 Å². The van der Waals surface area contributed by atoms with E-state index in [2.05, 4.69) is 25.8 Å². The van der Waals surface area contributed by atoms with E-state index in [1.54, 1.807) is 54.9 Å². The van der Waals surface area contributed by atoms with Crippen LogP contribution in [0.4, 0.5) is 0 Å². The van der Waals surface area contributed by atoms with Crippen LogP contribution >= 0.6 is 11.6 Å². The molecule has 6 rings (SSSR count). The second-order valence-corrected chi connectivity index (χ2v) is 14.0. The minimum atomic E-state index is -1.28. The largest absolute Gasteiger partial charge is 0.482 e. The zero-order valence-corrected chi connectivity index (χ0v) is 26.8. The Balaban J connectivity index is 1.49. The van der Waals surface area contributed by atoms with Crippen LogP contribution < -0.4 is 10.4 Å². The molecule has 45 heavy (non-hydrogen) atoms. The fraction of sp³-hybridized carbons (Fsp3) is 0.486. The molecule has 2 saturated carbocycles. The molecule has 1 aromatic carbocycles. The number of carbonyl (C=O) groups excluding carboxylic acids is 2. The number of aromatic nitrogens is 1. The summed E-state index contributed by atoms with van der Waals surface area (Å²) in [6.45, 7) is 9.77. The maximum Gasteiger partial charge on any atom is 0.345 e. The number of rotatable bonds is 5. The zero-order valence-electron chi connectivity index (χ0n) is 26.0. The minimum Gasteiger partial charge on any atom is -0.482 e. The summed E-state index contributed by atoms with van der Waals surface area (Å²) in [4.78, 5) is 43.3. The highest BCUT2D eigenvalue weighted by molar-refractivity contribution is 6.30. The molecule has 238 valence electrons. The molecule has 3 aliphatic rings. The quantitative estimate of drug-likeness (QED) is 0.317. The lowest BCUT2D eigenvalue weighted by molar-refractivity contribution is -0.257. The van der Waals surface area contributed by atoms with Gasteiger partial charge >= 0.3 is 17.6 Å². The predicted octanol–water partition coefficient (Wildman–Crippen LogP) is 6.41. The molecular weight excluding hydrogens is 598 g/mol. The minimum absolute atomic E-state index is 0.0371. The first-order valence-corrected chi connectivity index (χ1v) is 15.7. The summed E-state index contributed by atoms with van der Waals surface area (Å²) in [6, 6.07) is 11.5. The van der Waals surface area contributed by atoms with Gasteiger partial charge in [-0.3, -0.25) is 9.78 Å². The van der Waals surface area contributed by atoms with Crippen LogP contribution in [0.5, 0.6) is 5.75 Å². The second kappa shape index (κ2) is 11.3. The van der Waals surface area contributed by atoms with Crippen LogP contribution in [0, 0.1) is 28.6 Å². The molecule has 1 aliphatic heterocycles. The average Bonchev–Trinajstić information content (AvgIpc) is 2.99. The summed E-state index contributed by atoms with van der Waals surface area (Å²) in [5, 5.41) is 12.7. The highest BCUT2D eigenvalue weighted by Gasteiger charge is 2.70. The number of hydrogen-bond acceptors (Lipinski definition) is 9. The Hall–Kier alpha value is -3.69. The third-order valence-electron chi connectivity index (χ3n) is 11.0. The average molecular weight is 636 g/mol. The van der Waals surface area contributed by atoms with Gasteiger partial charge in [-0.1, -0.05) is 32.4 Å². The maximum absolute atomic E-state index is 13.6. The van der Waals surface area contributed by atoms with E-state index >= 15 is 0 Å². The Morgan fingerprint density at radius 3 is 2.56 bits per heavy atom. The molecule has 2 aromatic heterocycles. The van der Waals surface area contributed by atoms with Crippen molar-refractivity contribution in [3.8, 4) is 17.1 Å². The summed E-state index contributed by atoms with van der Waals surface area (Å²) in [5.74, 6) is -1.19. The monoisotopic (exact) mass is 635 g/mol. The van der Waals surface area contributed by atoms with Crippen molar-refractivity contribution in [3.05, 3.63) is 81.4 Å². The fourth-order valence-corrected chi connectivity index (χ4v) is 8.61. The third kappa shape index (κ3) is 5.14. The normalized spacial score (nSPS) is 33.5. The number of aliphatic hydroxyl groups is 1. The molecule has 0 bridgehead atoms. The molecule has 0 amide bonds. The van der Waals surface area contributed by atoms with Gasteiger partial charge in [0.05, 0.1) is 18.3 Å². The molecule has 3 aromatic rings. The Bertz CT molecular complexity index is 1680. The number of halogens is 1. The number of hydrogen-bond donors (Lipinski definition) is 1. The lowest BCUT2D eigenvalue weighted by Crippen LogP contribution is -2.70. The molecule has 10 heteroatoms. The van der Waals surface area contributed by atoms with Gasteiger partial charge in [0.15, 0.2) is 0 Å². The van der Waals surface area contributed by atoms with Crippen molar-refractivity contribution in [1.29, 1.82) is 0 Å². The number of nitrogens with zero attached hydrogens (tertiary/aromatic N) is 1. The van der Waals surface area contributed by atoms with Crippen molar-refractivity contribution in [1.82, 2.24) is 4.98 Å². The number of benzene rings is 1. The van der Waals surface area contributed by atoms with Crippen molar-refractivity contribution >= 4 is 23.5 Å². The highest BCUT2D eigenvalue weighted by Crippen LogP contribution is 2.68. The number of carbonyl (C=O) groups is 2. The SMILES string of the molecule is CC(=O)OCC1(C)C2C[C@H](OC(=O)c3ccc(Cl)cc3)[C@@]3(C)Oc4cc(-c5cccnc5)oc(=O)c4[C@H](O)C3[C@@]2(C)CC[C@@H]1C. The summed E-state index contributed by atoms with van der Waals surface area (Å²) >= 11 is 6.07. The van der Waals surface area contributed by atoms with E-state index in [1.807, 2.05) is 6.92 Å². The standard InChI is InChI=1S/C35H38ClNO8/c1-19-12-13-33(3)26(34(19,4)18-42-20(2)38)16-27(44-31(40)21-8-10-23(36)11-9-21)35(5)30(33)29(39)28-25(45-35)15-24(43-32(28)41)22-7-6-14-37-17-22/h6-11,14-15,17,19,26-27,29-30,39H,12-13,16,18H2,1-5H3/t19-,26?,27-,29-,30?,33-,34?,35+/m0/s1. The molecule has 0 saturated heterocycles. The van der Waals surface area contributed by atoms with E-state index in [-0.39, 0.29) is 41.5 Å². The van der Waals surface area contributed by atoms with E-state index in [4.69, 9.17) is 30.2 Å². The number of pyridine rings is 1. The molecule has 8 atom stereocenters.